The third-order valence-electron chi connectivity index (χ3n) is 2.83. The van der Waals surface area contributed by atoms with Gasteiger partial charge >= 0.3 is 0 Å². The summed E-state index contributed by atoms with van der Waals surface area (Å²) in [6.45, 7) is 0. The third-order valence-corrected chi connectivity index (χ3v) is 2.83. The number of nitrogens with one attached hydrogen (secondary N) is 1. The predicted molar refractivity (Wildman–Crippen MR) is 56.2 cm³/mol. The zero-order valence-electron chi connectivity index (χ0n) is 8.94. The molecule has 1 aliphatic carbocycles. The molecule has 1 aromatic rings. The first-order chi connectivity index (χ1) is 7.25. The van der Waals surface area contributed by atoms with Gasteiger partial charge < -0.3 is 5.32 Å². The van der Waals surface area contributed by atoms with E-state index < -0.39 is 0 Å². The fourth-order valence-corrected chi connectivity index (χ4v) is 2.00. The molecule has 1 aromatic heterocycles. The van der Waals surface area contributed by atoms with Crippen molar-refractivity contribution in [2.45, 2.75) is 32.1 Å². The molecule has 0 radical (unpaired) electrons. The fourth-order valence-electron chi connectivity index (χ4n) is 2.00. The van der Waals surface area contributed by atoms with Gasteiger partial charge in [0.05, 0.1) is 6.20 Å². The molecule has 0 spiro atoms. The van der Waals surface area contributed by atoms with E-state index >= 15 is 0 Å². The van der Waals surface area contributed by atoms with Gasteiger partial charge in [0.2, 0.25) is 5.91 Å². The van der Waals surface area contributed by atoms with E-state index in [1.807, 2.05) is 0 Å². The molecule has 0 saturated heterocycles. The molecule has 1 heterocycles. The molecule has 1 amide bonds. The molecule has 1 aliphatic rings. The number of carbonyl (C=O) groups is 1. The SMILES string of the molecule is Cn1cc(NC(=O)C2CCCCC2)nn1. The third kappa shape index (κ3) is 2.55. The molecule has 5 heteroatoms. The van der Waals surface area contributed by atoms with E-state index in [-0.39, 0.29) is 11.8 Å². The first kappa shape index (κ1) is 10.1. The molecule has 0 unspecified atom stereocenters. The van der Waals surface area contributed by atoms with Crippen LogP contribution in [0.1, 0.15) is 32.1 Å². The normalized spacial score (nSPS) is 17.7. The quantitative estimate of drug-likeness (QED) is 0.797. The Kier molecular flexibility index (Phi) is 2.99. The Morgan fingerprint density at radius 3 is 2.80 bits per heavy atom. The van der Waals surface area contributed by atoms with Crippen molar-refractivity contribution in [2.24, 2.45) is 13.0 Å². The van der Waals surface area contributed by atoms with Crippen LogP contribution in [-0.2, 0) is 11.8 Å². The molecular weight excluding hydrogens is 192 g/mol. The van der Waals surface area contributed by atoms with Crippen LogP contribution in [0.3, 0.4) is 0 Å². The zero-order chi connectivity index (χ0) is 10.7. The Balaban J connectivity index is 1.91. The van der Waals surface area contributed by atoms with Crippen molar-refractivity contribution in [1.29, 1.82) is 0 Å². The first-order valence-electron chi connectivity index (χ1n) is 5.43. The van der Waals surface area contributed by atoms with Gasteiger partial charge in [-0.15, -0.1) is 5.10 Å². The van der Waals surface area contributed by atoms with Crippen molar-refractivity contribution in [1.82, 2.24) is 15.0 Å². The summed E-state index contributed by atoms with van der Waals surface area (Å²) in [5.74, 6) is 0.809. The Hall–Kier alpha value is -1.39. The molecule has 1 fully saturated rings. The van der Waals surface area contributed by atoms with Gasteiger partial charge in [-0.1, -0.05) is 24.5 Å². The zero-order valence-corrected chi connectivity index (χ0v) is 8.94. The molecular formula is C10H16N4O. The Morgan fingerprint density at radius 2 is 2.20 bits per heavy atom. The lowest BCUT2D eigenvalue weighted by atomic mass is 9.89. The minimum Gasteiger partial charge on any atom is -0.308 e. The number of hydrogen-bond acceptors (Lipinski definition) is 3. The molecule has 0 bridgehead atoms. The summed E-state index contributed by atoms with van der Waals surface area (Å²) in [4.78, 5) is 11.8. The number of aryl methyl sites for hydroxylation is 1. The maximum atomic E-state index is 11.8. The Morgan fingerprint density at radius 1 is 1.47 bits per heavy atom. The summed E-state index contributed by atoms with van der Waals surface area (Å²) in [5, 5.41) is 10.4. The monoisotopic (exact) mass is 208 g/mol. The second-order valence-electron chi connectivity index (χ2n) is 4.10. The van der Waals surface area contributed by atoms with Crippen molar-refractivity contribution < 1.29 is 4.79 Å². The highest BCUT2D eigenvalue weighted by atomic mass is 16.2. The smallest absolute Gasteiger partial charge is 0.228 e. The van der Waals surface area contributed by atoms with E-state index in [4.69, 9.17) is 0 Å². The van der Waals surface area contributed by atoms with Crippen molar-refractivity contribution in [3.8, 4) is 0 Å². The molecule has 15 heavy (non-hydrogen) atoms. The molecule has 1 saturated carbocycles. The number of amides is 1. The predicted octanol–water partition coefficient (Wildman–Crippen LogP) is 1.33. The van der Waals surface area contributed by atoms with Gasteiger partial charge in [-0.05, 0) is 12.8 Å². The molecule has 5 nitrogen and oxygen atoms in total. The average Bonchev–Trinajstić information content (AvgIpc) is 2.65. The summed E-state index contributed by atoms with van der Waals surface area (Å²) in [7, 11) is 1.78. The number of rotatable bonds is 2. The summed E-state index contributed by atoms with van der Waals surface area (Å²) in [5.41, 5.74) is 0. The van der Waals surface area contributed by atoms with Crippen LogP contribution in [-0.4, -0.2) is 20.9 Å². The molecule has 1 N–H and O–H groups in total. The fraction of sp³-hybridized carbons (Fsp3) is 0.700. The summed E-state index contributed by atoms with van der Waals surface area (Å²) in [6.07, 6.45) is 7.31. The van der Waals surface area contributed by atoms with Crippen LogP contribution in [0.5, 0.6) is 0 Å². The van der Waals surface area contributed by atoms with Gasteiger partial charge in [-0.25, -0.2) is 0 Å². The van der Waals surface area contributed by atoms with Gasteiger partial charge in [0.15, 0.2) is 5.82 Å². The molecule has 82 valence electrons. The average molecular weight is 208 g/mol. The maximum absolute atomic E-state index is 11.8. The molecule has 0 atom stereocenters. The topological polar surface area (TPSA) is 59.8 Å². The highest BCUT2D eigenvalue weighted by Crippen LogP contribution is 2.24. The minimum atomic E-state index is 0.0928. The van der Waals surface area contributed by atoms with E-state index in [2.05, 4.69) is 15.6 Å². The van der Waals surface area contributed by atoms with Crippen molar-refractivity contribution >= 4 is 11.7 Å². The minimum absolute atomic E-state index is 0.0928. The highest BCUT2D eigenvalue weighted by Gasteiger charge is 2.21. The second kappa shape index (κ2) is 4.42. The molecule has 0 aromatic carbocycles. The maximum Gasteiger partial charge on any atom is 0.228 e. The van der Waals surface area contributed by atoms with E-state index in [0.29, 0.717) is 5.82 Å². The lowest BCUT2D eigenvalue weighted by molar-refractivity contribution is -0.120. The van der Waals surface area contributed by atoms with Gasteiger partial charge in [0.25, 0.3) is 0 Å². The Bertz CT molecular complexity index is 341. The van der Waals surface area contributed by atoms with Crippen molar-refractivity contribution in [2.75, 3.05) is 5.32 Å². The van der Waals surface area contributed by atoms with E-state index in [9.17, 15) is 4.79 Å². The number of carbonyl (C=O) groups excluding carboxylic acids is 1. The largest absolute Gasteiger partial charge is 0.308 e. The van der Waals surface area contributed by atoms with Crippen LogP contribution in [0.15, 0.2) is 6.20 Å². The van der Waals surface area contributed by atoms with E-state index in [0.717, 1.165) is 12.8 Å². The molecule has 0 aliphatic heterocycles. The summed E-state index contributed by atoms with van der Waals surface area (Å²) in [6, 6.07) is 0. The standard InChI is InChI=1S/C10H16N4O/c1-14-7-9(12-13-14)11-10(15)8-5-3-2-4-6-8/h7-8H,2-6H2,1H3,(H,11,15). The second-order valence-corrected chi connectivity index (χ2v) is 4.10. The van der Waals surface area contributed by atoms with Crippen LogP contribution in [0.2, 0.25) is 0 Å². The van der Waals surface area contributed by atoms with E-state index in [1.165, 1.54) is 19.3 Å². The Labute approximate surface area is 88.9 Å². The van der Waals surface area contributed by atoms with Crippen LogP contribution in [0, 0.1) is 5.92 Å². The van der Waals surface area contributed by atoms with Crippen LogP contribution >= 0.6 is 0 Å². The van der Waals surface area contributed by atoms with Crippen LogP contribution in [0.4, 0.5) is 5.82 Å². The van der Waals surface area contributed by atoms with Crippen molar-refractivity contribution in [3.05, 3.63) is 6.20 Å². The number of nitrogens with zero attached hydrogens (tertiary/aromatic N) is 3. The van der Waals surface area contributed by atoms with Gasteiger partial charge in [0.1, 0.15) is 0 Å². The van der Waals surface area contributed by atoms with Gasteiger partial charge in [-0.2, -0.15) is 0 Å². The number of aromatic nitrogens is 3. The van der Waals surface area contributed by atoms with E-state index in [1.54, 1.807) is 17.9 Å². The summed E-state index contributed by atoms with van der Waals surface area (Å²) < 4.78 is 1.58. The van der Waals surface area contributed by atoms with Gasteiger partial charge in [0, 0.05) is 13.0 Å². The van der Waals surface area contributed by atoms with Crippen molar-refractivity contribution in [3.63, 3.8) is 0 Å². The lowest BCUT2D eigenvalue weighted by Crippen LogP contribution is -2.24. The van der Waals surface area contributed by atoms with Crippen LogP contribution in [0.25, 0.3) is 0 Å². The number of hydrogen-bond donors (Lipinski definition) is 1. The summed E-state index contributed by atoms with van der Waals surface area (Å²) >= 11 is 0. The first-order valence-corrected chi connectivity index (χ1v) is 5.43. The number of anilines is 1. The molecule has 2 rings (SSSR count). The van der Waals surface area contributed by atoms with Crippen LogP contribution < -0.4 is 5.32 Å². The van der Waals surface area contributed by atoms with Gasteiger partial charge in [-0.3, -0.25) is 9.48 Å². The highest BCUT2D eigenvalue weighted by molar-refractivity contribution is 5.91. The lowest BCUT2D eigenvalue weighted by Gasteiger charge is -2.19.